The van der Waals surface area contributed by atoms with Gasteiger partial charge in [0.05, 0.1) is 0 Å². The molecule has 6 nitrogen and oxygen atoms in total. The number of carbonyl (C=O) groups is 2. The Kier molecular flexibility index (Phi) is 5.02. The zero-order valence-electron chi connectivity index (χ0n) is 16.1. The van der Waals surface area contributed by atoms with Crippen LogP contribution in [0.5, 0.6) is 0 Å². The second kappa shape index (κ2) is 7.50. The van der Waals surface area contributed by atoms with Crippen molar-refractivity contribution in [3.8, 4) is 0 Å². The number of anilines is 1. The van der Waals surface area contributed by atoms with Crippen molar-refractivity contribution in [2.75, 3.05) is 18.4 Å². The molecule has 2 unspecified atom stereocenters. The number of aryl methyl sites for hydroxylation is 1. The van der Waals surface area contributed by atoms with Crippen LogP contribution in [-0.2, 0) is 10.5 Å². The van der Waals surface area contributed by atoms with Gasteiger partial charge in [-0.25, -0.2) is 18.7 Å². The van der Waals surface area contributed by atoms with Crippen molar-refractivity contribution >= 4 is 17.8 Å². The Morgan fingerprint density at radius 1 is 1.21 bits per heavy atom. The third kappa shape index (κ3) is 4.58. The Balaban J connectivity index is 1.44. The van der Waals surface area contributed by atoms with Gasteiger partial charge in [-0.15, -0.1) is 0 Å². The van der Waals surface area contributed by atoms with Crippen LogP contribution in [0.25, 0.3) is 0 Å². The Morgan fingerprint density at radius 3 is 2.38 bits per heavy atom. The van der Waals surface area contributed by atoms with E-state index in [0.717, 1.165) is 5.56 Å². The van der Waals surface area contributed by atoms with Gasteiger partial charge in [0, 0.05) is 30.4 Å². The van der Waals surface area contributed by atoms with Gasteiger partial charge in [-0.2, -0.15) is 0 Å². The molecular weight excluding hydrogens is 378 g/mol. The van der Waals surface area contributed by atoms with Crippen molar-refractivity contribution in [3.63, 3.8) is 0 Å². The van der Waals surface area contributed by atoms with Gasteiger partial charge in [-0.3, -0.25) is 14.9 Å². The number of amides is 2. The molecule has 0 radical (unpaired) electrons. The molecule has 2 amide bonds. The Morgan fingerprint density at radius 2 is 1.83 bits per heavy atom. The highest BCUT2D eigenvalue weighted by Crippen LogP contribution is 2.49. The lowest BCUT2D eigenvalue weighted by molar-refractivity contribution is -0.117. The number of aromatic nitrogens is 2. The molecule has 29 heavy (non-hydrogen) atoms. The smallest absolute Gasteiger partial charge is 0.254 e. The van der Waals surface area contributed by atoms with Crippen LogP contribution in [0.1, 0.15) is 40.7 Å². The standard InChI is InChI=1S/C21H22F2N4O2/c1-13-9-24-20(25-10-13)26-18(28)12-27(11-15-8-17(15)22)19(29)14-2-4-16(5-3-14)21(23)6-7-21/h2-5,9-10,15,17H,6-8,11-12H2,1H3,(H,24,25,26,28). The van der Waals surface area contributed by atoms with Crippen LogP contribution in [0, 0.1) is 12.8 Å². The maximum Gasteiger partial charge on any atom is 0.254 e. The fraction of sp³-hybridized carbons (Fsp3) is 0.429. The molecule has 1 aromatic heterocycles. The Hall–Kier alpha value is -2.90. The van der Waals surface area contributed by atoms with E-state index < -0.39 is 17.7 Å². The fourth-order valence-electron chi connectivity index (χ4n) is 3.19. The average molecular weight is 400 g/mol. The fourth-order valence-corrected chi connectivity index (χ4v) is 3.19. The van der Waals surface area contributed by atoms with Gasteiger partial charge in [0.2, 0.25) is 11.9 Å². The first-order chi connectivity index (χ1) is 13.8. The van der Waals surface area contributed by atoms with Crippen LogP contribution in [0.4, 0.5) is 14.7 Å². The van der Waals surface area contributed by atoms with E-state index in [0.29, 0.717) is 30.4 Å². The van der Waals surface area contributed by atoms with E-state index in [1.807, 2.05) is 6.92 Å². The van der Waals surface area contributed by atoms with Gasteiger partial charge in [-0.1, -0.05) is 12.1 Å². The number of benzene rings is 1. The van der Waals surface area contributed by atoms with Crippen molar-refractivity contribution in [2.24, 2.45) is 5.92 Å². The minimum absolute atomic E-state index is 0.143. The maximum absolute atomic E-state index is 14.1. The lowest BCUT2D eigenvalue weighted by atomic mass is 10.1. The lowest BCUT2D eigenvalue weighted by Gasteiger charge is -2.22. The summed E-state index contributed by atoms with van der Waals surface area (Å²) in [6.45, 7) is 1.74. The highest BCUT2D eigenvalue weighted by Gasteiger charge is 2.45. The van der Waals surface area contributed by atoms with Crippen molar-refractivity contribution in [3.05, 3.63) is 53.3 Å². The summed E-state index contributed by atoms with van der Waals surface area (Å²) in [6.07, 6.45) is 3.57. The number of rotatable bonds is 7. The predicted octanol–water partition coefficient (Wildman–Crippen LogP) is 3.18. The summed E-state index contributed by atoms with van der Waals surface area (Å²) in [5, 5.41) is 2.55. The summed E-state index contributed by atoms with van der Waals surface area (Å²) in [6, 6.07) is 6.33. The van der Waals surface area contributed by atoms with Crippen molar-refractivity contribution in [2.45, 2.75) is 38.0 Å². The van der Waals surface area contributed by atoms with Crippen LogP contribution in [0.2, 0.25) is 0 Å². The second-order valence-corrected chi connectivity index (χ2v) is 7.87. The average Bonchev–Trinajstić information content (AvgIpc) is 3.62. The molecule has 0 aliphatic heterocycles. The molecule has 1 heterocycles. The largest absolute Gasteiger partial charge is 0.329 e. The van der Waals surface area contributed by atoms with Crippen LogP contribution >= 0.6 is 0 Å². The van der Waals surface area contributed by atoms with Gasteiger partial charge in [0.15, 0.2) is 0 Å². The summed E-state index contributed by atoms with van der Waals surface area (Å²) in [7, 11) is 0. The molecule has 1 aromatic carbocycles. The van der Waals surface area contributed by atoms with Gasteiger partial charge in [-0.05, 0) is 49.4 Å². The molecule has 2 aromatic rings. The van der Waals surface area contributed by atoms with Crippen LogP contribution in [-0.4, -0.2) is 45.9 Å². The van der Waals surface area contributed by atoms with E-state index in [1.54, 1.807) is 36.7 Å². The number of carbonyl (C=O) groups excluding carboxylic acids is 2. The first kappa shape index (κ1) is 19.4. The van der Waals surface area contributed by atoms with Gasteiger partial charge >= 0.3 is 0 Å². The molecule has 2 saturated carbocycles. The molecule has 1 N–H and O–H groups in total. The lowest BCUT2D eigenvalue weighted by Crippen LogP contribution is -2.39. The molecule has 2 aliphatic carbocycles. The molecule has 2 fully saturated rings. The quantitative estimate of drug-likeness (QED) is 0.775. The topological polar surface area (TPSA) is 75.2 Å². The van der Waals surface area contributed by atoms with Gasteiger partial charge in [0.1, 0.15) is 18.4 Å². The summed E-state index contributed by atoms with van der Waals surface area (Å²) in [4.78, 5) is 34.7. The minimum atomic E-state index is -1.27. The zero-order valence-corrected chi connectivity index (χ0v) is 16.1. The van der Waals surface area contributed by atoms with Gasteiger partial charge < -0.3 is 4.90 Å². The number of halogens is 2. The third-order valence-electron chi connectivity index (χ3n) is 5.28. The second-order valence-electron chi connectivity index (χ2n) is 7.87. The highest BCUT2D eigenvalue weighted by molar-refractivity contribution is 5.98. The molecule has 0 saturated heterocycles. The molecule has 8 heteroatoms. The van der Waals surface area contributed by atoms with E-state index in [4.69, 9.17) is 0 Å². The summed E-state index contributed by atoms with van der Waals surface area (Å²) in [5.74, 6) is -0.970. The molecular formula is C21H22F2N4O2. The van der Waals surface area contributed by atoms with Crippen molar-refractivity contribution in [1.82, 2.24) is 14.9 Å². The number of hydrogen-bond acceptors (Lipinski definition) is 4. The zero-order chi connectivity index (χ0) is 20.6. The Bertz CT molecular complexity index is 913. The third-order valence-corrected chi connectivity index (χ3v) is 5.28. The van der Waals surface area contributed by atoms with Crippen LogP contribution in [0.15, 0.2) is 36.7 Å². The van der Waals surface area contributed by atoms with Crippen molar-refractivity contribution < 1.29 is 18.4 Å². The minimum Gasteiger partial charge on any atom is -0.329 e. The number of nitrogens with zero attached hydrogens (tertiary/aromatic N) is 3. The van der Waals surface area contributed by atoms with E-state index in [1.165, 1.54) is 4.90 Å². The molecule has 0 bridgehead atoms. The molecule has 4 rings (SSSR count). The predicted molar refractivity (Wildman–Crippen MR) is 103 cm³/mol. The van der Waals surface area contributed by atoms with Crippen LogP contribution < -0.4 is 5.32 Å². The maximum atomic E-state index is 14.1. The summed E-state index contributed by atoms with van der Waals surface area (Å²) in [5.41, 5.74) is 0.478. The van der Waals surface area contributed by atoms with E-state index >= 15 is 0 Å². The number of hydrogen-bond donors (Lipinski definition) is 1. The number of alkyl halides is 2. The van der Waals surface area contributed by atoms with Crippen LogP contribution in [0.3, 0.4) is 0 Å². The first-order valence-electron chi connectivity index (χ1n) is 9.65. The normalized spacial score (nSPS) is 21.3. The van der Waals surface area contributed by atoms with E-state index in [9.17, 15) is 18.4 Å². The SMILES string of the molecule is Cc1cnc(NC(=O)CN(CC2CC2F)C(=O)c2ccc(C3(F)CC3)cc2)nc1. The van der Waals surface area contributed by atoms with E-state index in [2.05, 4.69) is 15.3 Å². The number of nitrogens with one attached hydrogen (secondary N) is 1. The Labute approximate surface area is 167 Å². The first-order valence-corrected chi connectivity index (χ1v) is 9.65. The molecule has 2 atom stereocenters. The van der Waals surface area contributed by atoms with E-state index in [-0.39, 0.29) is 30.9 Å². The molecule has 2 aliphatic rings. The summed E-state index contributed by atoms with van der Waals surface area (Å²) < 4.78 is 27.6. The highest BCUT2D eigenvalue weighted by atomic mass is 19.1. The van der Waals surface area contributed by atoms with Gasteiger partial charge in [0.25, 0.3) is 5.91 Å². The summed E-state index contributed by atoms with van der Waals surface area (Å²) >= 11 is 0. The molecule has 152 valence electrons. The molecule has 0 spiro atoms. The van der Waals surface area contributed by atoms with Crippen molar-refractivity contribution in [1.29, 1.82) is 0 Å². The monoisotopic (exact) mass is 400 g/mol.